The van der Waals surface area contributed by atoms with Crippen LogP contribution >= 0.6 is 11.6 Å². The molecule has 74 valence electrons. The number of fused-ring (bicyclic) bond motifs is 1. The van der Waals surface area contributed by atoms with Crippen LogP contribution in [0, 0.1) is 24.1 Å². The van der Waals surface area contributed by atoms with Gasteiger partial charge in [0.05, 0.1) is 16.1 Å². The van der Waals surface area contributed by atoms with Crippen LogP contribution in [0.3, 0.4) is 0 Å². The van der Waals surface area contributed by atoms with Gasteiger partial charge in [0.1, 0.15) is 11.9 Å². The quantitative estimate of drug-likeness (QED) is 0.684. The van der Waals surface area contributed by atoms with Crippen LogP contribution in [0.5, 0.6) is 0 Å². The van der Waals surface area contributed by atoms with E-state index in [-0.39, 0.29) is 5.82 Å². The number of aryl methyl sites for hydroxylation is 1. The zero-order valence-electron chi connectivity index (χ0n) is 7.88. The Bertz CT molecular complexity index is 587. The largest absolute Gasteiger partial charge is 0.254 e. The number of rotatable bonds is 0. The monoisotopic (exact) mass is 220 g/mol. The Labute approximate surface area is 90.9 Å². The fourth-order valence-electron chi connectivity index (χ4n) is 1.43. The van der Waals surface area contributed by atoms with E-state index in [0.717, 1.165) is 0 Å². The molecule has 0 saturated heterocycles. The molecule has 0 bridgehead atoms. The summed E-state index contributed by atoms with van der Waals surface area (Å²) in [5.41, 5.74) is 1.24. The first-order valence-corrected chi connectivity index (χ1v) is 4.66. The zero-order chi connectivity index (χ0) is 11.0. The average Bonchev–Trinajstić information content (AvgIpc) is 2.24. The van der Waals surface area contributed by atoms with E-state index < -0.39 is 0 Å². The van der Waals surface area contributed by atoms with Crippen molar-refractivity contribution < 1.29 is 4.39 Å². The highest BCUT2D eigenvalue weighted by atomic mass is 35.5. The first kappa shape index (κ1) is 9.88. The summed E-state index contributed by atoms with van der Waals surface area (Å²) in [6.07, 6.45) is 1.36. The van der Waals surface area contributed by atoms with Crippen molar-refractivity contribution in [2.24, 2.45) is 0 Å². The highest BCUT2D eigenvalue weighted by Crippen LogP contribution is 2.27. The van der Waals surface area contributed by atoms with Crippen molar-refractivity contribution in [3.05, 3.63) is 40.3 Å². The van der Waals surface area contributed by atoms with Crippen molar-refractivity contribution in [3.8, 4) is 6.07 Å². The summed E-state index contributed by atoms with van der Waals surface area (Å²) in [5.74, 6) is -0.323. The van der Waals surface area contributed by atoms with Crippen LogP contribution in [0.25, 0.3) is 10.9 Å². The topological polar surface area (TPSA) is 36.7 Å². The second kappa shape index (κ2) is 3.48. The molecule has 0 radical (unpaired) electrons. The molecule has 0 amide bonds. The van der Waals surface area contributed by atoms with E-state index in [1.165, 1.54) is 18.3 Å². The summed E-state index contributed by atoms with van der Waals surface area (Å²) in [5, 5.41) is 9.68. The maximum Gasteiger partial charge on any atom is 0.128 e. The minimum atomic E-state index is -0.323. The van der Waals surface area contributed by atoms with Crippen molar-refractivity contribution in [3.63, 3.8) is 0 Å². The number of nitrogens with zero attached hydrogens (tertiary/aromatic N) is 2. The first-order chi connectivity index (χ1) is 7.15. The lowest BCUT2D eigenvalue weighted by molar-refractivity contribution is 0.620. The van der Waals surface area contributed by atoms with Gasteiger partial charge in [0, 0.05) is 17.1 Å². The van der Waals surface area contributed by atoms with Crippen LogP contribution in [-0.4, -0.2) is 4.98 Å². The van der Waals surface area contributed by atoms with Crippen LogP contribution in [0.4, 0.5) is 4.39 Å². The molecule has 0 spiro atoms. The second-order valence-corrected chi connectivity index (χ2v) is 3.54. The molecule has 0 saturated carbocycles. The second-order valence-electron chi connectivity index (χ2n) is 3.17. The van der Waals surface area contributed by atoms with Crippen LogP contribution in [0.15, 0.2) is 18.3 Å². The molecule has 1 aromatic heterocycles. The molecule has 2 nitrogen and oxygen atoms in total. The Kier molecular flexibility index (Phi) is 2.29. The third-order valence-corrected chi connectivity index (χ3v) is 2.69. The van der Waals surface area contributed by atoms with Crippen LogP contribution in [0.2, 0.25) is 5.02 Å². The molecular formula is C11H6ClFN2. The molecule has 2 aromatic rings. The van der Waals surface area contributed by atoms with Gasteiger partial charge in [-0.25, -0.2) is 4.39 Å². The van der Waals surface area contributed by atoms with E-state index in [0.29, 0.717) is 27.1 Å². The number of nitriles is 1. The van der Waals surface area contributed by atoms with Gasteiger partial charge in [-0.15, -0.1) is 0 Å². The third kappa shape index (κ3) is 1.43. The average molecular weight is 221 g/mol. The van der Waals surface area contributed by atoms with Gasteiger partial charge in [0.2, 0.25) is 0 Å². The predicted octanol–water partition coefficient (Wildman–Crippen LogP) is 3.21. The standard InChI is InChI=1S/C11H6ClFN2/c1-6-9(13)3-2-8-10(12)7(4-14)5-15-11(6)8/h2-3,5H,1H3. The van der Waals surface area contributed by atoms with Crippen molar-refractivity contribution >= 4 is 22.5 Å². The summed E-state index contributed by atoms with van der Waals surface area (Å²) in [6, 6.07) is 4.79. The highest BCUT2D eigenvalue weighted by molar-refractivity contribution is 6.36. The smallest absolute Gasteiger partial charge is 0.128 e. The van der Waals surface area contributed by atoms with E-state index in [2.05, 4.69) is 4.98 Å². The van der Waals surface area contributed by atoms with Crippen LogP contribution in [0.1, 0.15) is 11.1 Å². The van der Waals surface area contributed by atoms with E-state index in [1.54, 1.807) is 6.92 Å². The Morgan fingerprint density at radius 2 is 2.20 bits per heavy atom. The maximum atomic E-state index is 13.2. The molecule has 0 N–H and O–H groups in total. The molecule has 0 unspecified atom stereocenters. The molecule has 1 heterocycles. The number of hydrogen-bond donors (Lipinski definition) is 0. The normalized spacial score (nSPS) is 10.3. The molecule has 4 heteroatoms. The highest BCUT2D eigenvalue weighted by Gasteiger charge is 2.10. The number of halogens is 2. The Balaban J connectivity index is 2.93. The Hall–Kier alpha value is -1.66. The number of aromatic nitrogens is 1. The van der Waals surface area contributed by atoms with Crippen molar-refractivity contribution in [2.45, 2.75) is 6.92 Å². The number of hydrogen-bond acceptors (Lipinski definition) is 2. The molecule has 0 aliphatic rings. The van der Waals surface area contributed by atoms with Crippen LogP contribution < -0.4 is 0 Å². The van der Waals surface area contributed by atoms with E-state index in [1.807, 2.05) is 6.07 Å². The number of pyridine rings is 1. The molecular weight excluding hydrogens is 215 g/mol. The third-order valence-electron chi connectivity index (χ3n) is 2.28. The van der Waals surface area contributed by atoms with Crippen molar-refractivity contribution in [1.29, 1.82) is 5.26 Å². The lowest BCUT2D eigenvalue weighted by Crippen LogP contribution is -1.90. The molecule has 0 aliphatic carbocycles. The summed E-state index contributed by atoms with van der Waals surface area (Å²) in [4.78, 5) is 4.03. The first-order valence-electron chi connectivity index (χ1n) is 4.28. The summed E-state index contributed by atoms with van der Waals surface area (Å²) >= 11 is 5.98. The molecule has 0 atom stereocenters. The summed E-state index contributed by atoms with van der Waals surface area (Å²) < 4.78 is 13.2. The van der Waals surface area contributed by atoms with Gasteiger partial charge in [-0.1, -0.05) is 11.6 Å². The van der Waals surface area contributed by atoms with E-state index in [9.17, 15) is 4.39 Å². The SMILES string of the molecule is Cc1c(F)ccc2c(Cl)c(C#N)cnc12. The van der Waals surface area contributed by atoms with Gasteiger partial charge in [0.25, 0.3) is 0 Å². The van der Waals surface area contributed by atoms with Crippen molar-refractivity contribution in [1.82, 2.24) is 4.98 Å². The summed E-state index contributed by atoms with van der Waals surface area (Å²) in [6.45, 7) is 1.63. The molecule has 0 fully saturated rings. The molecule has 15 heavy (non-hydrogen) atoms. The minimum Gasteiger partial charge on any atom is -0.254 e. The predicted molar refractivity (Wildman–Crippen MR) is 56.2 cm³/mol. The lowest BCUT2D eigenvalue weighted by atomic mass is 10.1. The van der Waals surface area contributed by atoms with E-state index in [4.69, 9.17) is 16.9 Å². The zero-order valence-corrected chi connectivity index (χ0v) is 8.64. The van der Waals surface area contributed by atoms with Crippen LogP contribution in [-0.2, 0) is 0 Å². The fraction of sp³-hybridized carbons (Fsp3) is 0.0909. The Morgan fingerprint density at radius 3 is 2.87 bits per heavy atom. The molecule has 2 rings (SSSR count). The Morgan fingerprint density at radius 1 is 1.47 bits per heavy atom. The van der Waals surface area contributed by atoms with Gasteiger partial charge in [-0.05, 0) is 19.1 Å². The summed E-state index contributed by atoms with van der Waals surface area (Å²) in [7, 11) is 0. The lowest BCUT2D eigenvalue weighted by Gasteiger charge is -2.04. The maximum absolute atomic E-state index is 13.2. The van der Waals surface area contributed by atoms with E-state index >= 15 is 0 Å². The van der Waals surface area contributed by atoms with Gasteiger partial charge < -0.3 is 0 Å². The molecule has 1 aromatic carbocycles. The van der Waals surface area contributed by atoms with Gasteiger partial charge in [0.15, 0.2) is 0 Å². The van der Waals surface area contributed by atoms with Gasteiger partial charge >= 0.3 is 0 Å². The molecule has 0 aliphatic heterocycles. The van der Waals surface area contributed by atoms with Gasteiger partial charge in [-0.3, -0.25) is 4.98 Å². The van der Waals surface area contributed by atoms with Gasteiger partial charge in [-0.2, -0.15) is 5.26 Å². The van der Waals surface area contributed by atoms with Crippen molar-refractivity contribution in [2.75, 3.05) is 0 Å². The fourth-order valence-corrected chi connectivity index (χ4v) is 1.67. The number of benzene rings is 1. The minimum absolute atomic E-state index is 0.301.